The van der Waals surface area contributed by atoms with Crippen molar-refractivity contribution >= 4 is 17.3 Å². The lowest BCUT2D eigenvalue weighted by molar-refractivity contribution is 1.26. The van der Waals surface area contributed by atoms with E-state index in [1.165, 1.54) is 11.8 Å². The normalized spacial score (nSPS) is 18.7. The van der Waals surface area contributed by atoms with E-state index in [0.717, 1.165) is 6.54 Å². The van der Waals surface area contributed by atoms with Gasteiger partial charge < -0.3 is 0 Å². The Labute approximate surface area is 41.2 Å². The topological polar surface area (TPSA) is 12.4 Å². The molecule has 6 heavy (non-hydrogen) atoms. The second kappa shape index (κ2) is 2.03. The highest BCUT2D eigenvalue weighted by Crippen LogP contribution is 1.98. The maximum absolute atomic E-state index is 3.90. The molecule has 0 spiro atoms. The first-order chi connectivity index (χ1) is 3.00. The summed E-state index contributed by atoms with van der Waals surface area (Å²) in [6.45, 7) is 0.812. The summed E-state index contributed by atoms with van der Waals surface area (Å²) in [5.41, 5.74) is 1.79. The summed E-state index contributed by atoms with van der Waals surface area (Å²) in [6.07, 6.45) is 1.91. The summed E-state index contributed by atoms with van der Waals surface area (Å²) < 4.78 is 0. The number of nitrogens with zero attached hydrogens (tertiary/aromatic N) is 1. The van der Waals surface area contributed by atoms with Crippen molar-refractivity contribution < 1.29 is 0 Å². The zero-order valence-electron chi connectivity index (χ0n) is 3.22. The van der Waals surface area contributed by atoms with E-state index < -0.39 is 0 Å². The molecule has 1 aliphatic rings. The predicted molar refractivity (Wildman–Crippen MR) is 28.8 cm³/mol. The fourth-order valence-corrected chi connectivity index (χ4v) is 0.641. The van der Waals surface area contributed by atoms with Gasteiger partial charge in [-0.15, -0.1) is 0 Å². The van der Waals surface area contributed by atoms with Crippen molar-refractivity contribution in [2.75, 3.05) is 6.54 Å². The van der Waals surface area contributed by atoms with Crippen molar-refractivity contribution in [3.05, 3.63) is 11.5 Å². The first-order valence-corrected chi connectivity index (χ1v) is 2.59. The third kappa shape index (κ3) is 0.863. The summed E-state index contributed by atoms with van der Waals surface area (Å²) in [4.78, 5) is 3.90. The summed E-state index contributed by atoms with van der Waals surface area (Å²) in [5.74, 6) is 0. The zero-order valence-corrected chi connectivity index (χ0v) is 4.03. The van der Waals surface area contributed by atoms with E-state index in [4.69, 9.17) is 0 Å². The van der Waals surface area contributed by atoms with E-state index in [9.17, 15) is 0 Å². The highest BCUT2D eigenvalue weighted by atomic mass is 32.2. The third-order valence-corrected chi connectivity index (χ3v) is 1.03. The lowest BCUT2D eigenvalue weighted by Gasteiger charge is -1.86. The van der Waals surface area contributed by atoms with Crippen LogP contribution in [0.3, 0.4) is 0 Å². The van der Waals surface area contributed by atoms with Crippen LogP contribution in [-0.2, 0) is 0 Å². The Hall–Kier alpha value is -0.240. The van der Waals surface area contributed by atoms with E-state index in [2.05, 4.69) is 10.4 Å². The van der Waals surface area contributed by atoms with Crippen molar-refractivity contribution in [3.63, 3.8) is 0 Å². The molecule has 0 atom stereocenters. The van der Waals surface area contributed by atoms with Crippen molar-refractivity contribution in [3.8, 4) is 0 Å². The standard InChI is InChI=1S/C4H4NS/c1-2-5-4-6-3-1/h1,4H,2H2. The van der Waals surface area contributed by atoms with Crippen molar-refractivity contribution in [1.82, 2.24) is 0 Å². The van der Waals surface area contributed by atoms with Crippen LogP contribution in [0.15, 0.2) is 11.1 Å². The molecular weight excluding hydrogens is 94.1 g/mol. The molecule has 0 aromatic heterocycles. The minimum absolute atomic E-state index is 0.812. The molecule has 1 nitrogen and oxygen atoms in total. The minimum Gasteiger partial charge on any atom is -0.282 e. The van der Waals surface area contributed by atoms with Gasteiger partial charge in [-0.05, 0) is 6.08 Å². The molecule has 0 saturated heterocycles. The van der Waals surface area contributed by atoms with Gasteiger partial charge in [0.15, 0.2) is 0 Å². The number of thioether (sulfide) groups is 1. The fraction of sp³-hybridized carbons (Fsp3) is 0.250. The summed E-state index contributed by atoms with van der Waals surface area (Å²) in [7, 11) is 0. The fourth-order valence-electron chi connectivity index (χ4n) is 0.249. The Morgan fingerprint density at radius 2 is 2.83 bits per heavy atom. The van der Waals surface area contributed by atoms with Crippen LogP contribution in [0.2, 0.25) is 0 Å². The molecule has 0 bridgehead atoms. The average Bonchev–Trinajstić information content (AvgIpc) is 1.72. The molecule has 2 heteroatoms. The van der Waals surface area contributed by atoms with Gasteiger partial charge in [0.25, 0.3) is 0 Å². The molecule has 1 radical (unpaired) electrons. The Balaban J connectivity index is 2.40. The van der Waals surface area contributed by atoms with Crippen LogP contribution in [0.5, 0.6) is 0 Å². The molecule has 31 valence electrons. The molecule has 0 saturated carbocycles. The Bertz CT molecular complexity index is 65.5. The van der Waals surface area contributed by atoms with Crippen molar-refractivity contribution in [1.29, 1.82) is 0 Å². The molecule has 0 fully saturated rings. The highest BCUT2D eigenvalue weighted by Gasteiger charge is 1.78. The highest BCUT2D eigenvalue weighted by molar-refractivity contribution is 8.13. The molecule has 1 aliphatic heterocycles. The smallest absolute Gasteiger partial charge is 0.0593 e. The van der Waals surface area contributed by atoms with Crippen LogP contribution in [0.25, 0.3) is 0 Å². The van der Waals surface area contributed by atoms with E-state index in [1.54, 1.807) is 5.55 Å². The number of rotatable bonds is 0. The van der Waals surface area contributed by atoms with Crippen LogP contribution < -0.4 is 0 Å². The molecule has 0 aromatic carbocycles. The summed E-state index contributed by atoms with van der Waals surface area (Å²) in [5, 5.41) is 2.93. The van der Waals surface area contributed by atoms with E-state index in [0.29, 0.717) is 0 Å². The lowest BCUT2D eigenvalue weighted by Crippen LogP contribution is -1.75. The van der Waals surface area contributed by atoms with Crippen LogP contribution in [0.4, 0.5) is 0 Å². The number of hydrogen-bond donors (Lipinski definition) is 0. The average molecular weight is 98.1 g/mol. The SMILES string of the molecule is [C]1=CCN=CS1. The van der Waals surface area contributed by atoms with Gasteiger partial charge in [-0.2, -0.15) is 0 Å². The van der Waals surface area contributed by atoms with Gasteiger partial charge >= 0.3 is 0 Å². The van der Waals surface area contributed by atoms with Gasteiger partial charge in [0.05, 0.1) is 12.1 Å². The Kier molecular flexibility index (Phi) is 1.33. The minimum atomic E-state index is 0.812. The van der Waals surface area contributed by atoms with Gasteiger partial charge in [-0.25, -0.2) is 0 Å². The van der Waals surface area contributed by atoms with Crippen LogP contribution in [0.1, 0.15) is 0 Å². The van der Waals surface area contributed by atoms with E-state index in [1.807, 2.05) is 6.08 Å². The second-order valence-corrected chi connectivity index (χ2v) is 1.59. The third-order valence-electron chi connectivity index (χ3n) is 0.475. The van der Waals surface area contributed by atoms with Gasteiger partial charge in [0.2, 0.25) is 0 Å². The van der Waals surface area contributed by atoms with Gasteiger partial charge in [0, 0.05) is 5.41 Å². The molecule has 0 N–H and O–H groups in total. The van der Waals surface area contributed by atoms with E-state index in [-0.39, 0.29) is 0 Å². The molecule has 1 rings (SSSR count). The van der Waals surface area contributed by atoms with Crippen molar-refractivity contribution in [2.24, 2.45) is 4.99 Å². The Morgan fingerprint density at radius 3 is 3.00 bits per heavy atom. The van der Waals surface area contributed by atoms with Crippen LogP contribution >= 0.6 is 11.8 Å². The first-order valence-electron chi connectivity index (χ1n) is 1.71. The predicted octanol–water partition coefficient (Wildman–Crippen LogP) is 1.08. The van der Waals surface area contributed by atoms with Gasteiger partial charge in [-0.3, -0.25) is 4.99 Å². The molecular formula is C4H4NS. The summed E-state index contributed by atoms with van der Waals surface area (Å²) in [6, 6.07) is 0. The maximum Gasteiger partial charge on any atom is 0.0593 e. The lowest BCUT2D eigenvalue weighted by atomic mass is 10.6. The molecule has 1 heterocycles. The molecule has 0 unspecified atom stereocenters. The summed E-state index contributed by atoms with van der Waals surface area (Å²) >= 11 is 1.50. The molecule has 0 aliphatic carbocycles. The van der Waals surface area contributed by atoms with Crippen LogP contribution in [0, 0.1) is 5.41 Å². The zero-order chi connectivity index (χ0) is 4.24. The van der Waals surface area contributed by atoms with E-state index >= 15 is 0 Å². The maximum atomic E-state index is 3.90. The number of aliphatic imine (C=N–C) groups is 1. The number of hydrogen-bond acceptors (Lipinski definition) is 2. The second-order valence-electron chi connectivity index (χ2n) is 0.910. The first kappa shape index (κ1) is 3.93. The molecule has 0 aromatic rings. The van der Waals surface area contributed by atoms with Gasteiger partial charge in [-0.1, -0.05) is 11.8 Å². The van der Waals surface area contributed by atoms with Gasteiger partial charge in [0.1, 0.15) is 0 Å². The van der Waals surface area contributed by atoms with Crippen molar-refractivity contribution in [2.45, 2.75) is 0 Å². The quantitative estimate of drug-likeness (QED) is 0.441. The largest absolute Gasteiger partial charge is 0.282 e. The monoisotopic (exact) mass is 98.0 g/mol. The Morgan fingerprint density at radius 1 is 1.83 bits per heavy atom. The molecule has 0 amide bonds. The van der Waals surface area contributed by atoms with Crippen LogP contribution in [-0.4, -0.2) is 12.1 Å².